The number of nitrogens with zero attached hydrogens (tertiary/aromatic N) is 5. The highest BCUT2D eigenvalue weighted by Gasteiger charge is 2.35. The number of rotatable bonds is 5. The Balaban J connectivity index is 1.28. The highest BCUT2D eigenvalue weighted by Crippen LogP contribution is 2.38. The lowest BCUT2D eigenvalue weighted by molar-refractivity contribution is -0.385. The van der Waals surface area contributed by atoms with Gasteiger partial charge in [0.15, 0.2) is 5.82 Å². The van der Waals surface area contributed by atoms with Gasteiger partial charge in [0.25, 0.3) is 11.4 Å². The van der Waals surface area contributed by atoms with Crippen LogP contribution in [0.3, 0.4) is 0 Å². The Morgan fingerprint density at radius 3 is 2.47 bits per heavy atom. The Kier molecular flexibility index (Phi) is 5.92. The molecule has 3 aliphatic rings. The zero-order chi connectivity index (χ0) is 23.8. The van der Waals surface area contributed by atoms with Gasteiger partial charge in [0.2, 0.25) is 0 Å². The van der Waals surface area contributed by atoms with Gasteiger partial charge in [-0.1, -0.05) is 0 Å². The van der Waals surface area contributed by atoms with E-state index in [1.165, 1.54) is 24.3 Å². The molecule has 0 amide bonds. The van der Waals surface area contributed by atoms with Gasteiger partial charge in [-0.25, -0.2) is 4.39 Å². The molecule has 2 atom stereocenters. The summed E-state index contributed by atoms with van der Waals surface area (Å²) in [5.41, 5.74) is 1.01. The van der Waals surface area contributed by atoms with E-state index in [0.29, 0.717) is 44.2 Å². The fraction of sp³-hybridized carbons (Fsp3) is 0.455. The van der Waals surface area contributed by atoms with E-state index in [2.05, 4.69) is 15.1 Å². The van der Waals surface area contributed by atoms with E-state index < -0.39 is 15.7 Å². The second-order valence-corrected chi connectivity index (χ2v) is 8.77. The molecule has 0 aliphatic carbocycles. The second-order valence-electron chi connectivity index (χ2n) is 8.77. The average molecular weight is 472 g/mol. The lowest BCUT2D eigenvalue weighted by Crippen LogP contribution is -2.61. The lowest BCUT2D eigenvalue weighted by atomic mass is 10.1. The Morgan fingerprint density at radius 2 is 1.74 bits per heavy atom. The fourth-order valence-electron chi connectivity index (χ4n) is 5.08. The molecule has 0 spiro atoms. The number of ether oxygens (including phenoxy) is 1. The topological polar surface area (TPSA) is 117 Å². The molecule has 2 aromatic rings. The molecule has 1 unspecified atom stereocenters. The van der Waals surface area contributed by atoms with Gasteiger partial charge in [0.05, 0.1) is 45.4 Å². The molecule has 2 fully saturated rings. The van der Waals surface area contributed by atoms with E-state index in [1.807, 2.05) is 4.90 Å². The van der Waals surface area contributed by atoms with Crippen LogP contribution in [0.4, 0.5) is 27.1 Å². The molecule has 0 bridgehead atoms. The first-order chi connectivity index (χ1) is 16.4. The van der Waals surface area contributed by atoms with Crippen molar-refractivity contribution in [1.29, 1.82) is 0 Å². The maximum absolute atomic E-state index is 14.7. The van der Waals surface area contributed by atoms with E-state index in [-0.39, 0.29) is 23.5 Å². The largest absolute Gasteiger partial charge is 0.489 e. The van der Waals surface area contributed by atoms with Crippen molar-refractivity contribution in [3.63, 3.8) is 0 Å². The van der Waals surface area contributed by atoms with Crippen LogP contribution in [0.1, 0.15) is 0 Å². The summed E-state index contributed by atoms with van der Waals surface area (Å²) in [4.78, 5) is 27.6. The zero-order valence-corrected chi connectivity index (χ0v) is 18.4. The van der Waals surface area contributed by atoms with Gasteiger partial charge in [-0.15, -0.1) is 0 Å². The summed E-state index contributed by atoms with van der Waals surface area (Å²) >= 11 is 0. The molecule has 5 rings (SSSR count). The number of anilines is 2. The number of nitro groups is 2. The van der Waals surface area contributed by atoms with Crippen LogP contribution in [-0.4, -0.2) is 79.3 Å². The smallest absolute Gasteiger partial charge is 0.273 e. The molecular weight excluding hydrogens is 447 g/mol. The summed E-state index contributed by atoms with van der Waals surface area (Å²) in [7, 11) is 0. The number of halogens is 1. The van der Waals surface area contributed by atoms with Crippen LogP contribution in [-0.2, 0) is 0 Å². The van der Waals surface area contributed by atoms with Crippen molar-refractivity contribution in [3.8, 4) is 5.75 Å². The van der Waals surface area contributed by atoms with Crippen molar-refractivity contribution in [1.82, 2.24) is 10.2 Å². The Morgan fingerprint density at radius 1 is 1.00 bits per heavy atom. The molecular formula is C22H25FN6O5. The van der Waals surface area contributed by atoms with Crippen LogP contribution in [0.25, 0.3) is 0 Å². The monoisotopic (exact) mass is 472 g/mol. The minimum atomic E-state index is -0.593. The molecule has 34 heavy (non-hydrogen) atoms. The van der Waals surface area contributed by atoms with Crippen LogP contribution in [0.5, 0.6) is 5.75 Å². The van der Waals surface area contributed by atoms with Crippen LogP contribution in [0, 0.1) is 26.0 Å². The van der Waals surface area contributed by atoms with Crippen molar-refractivity contribution in [2.45, 2.75) is 12.1 Å². The molecule has 0 radical (unpaired) electrons. The number of nitro benzene ring substituents is 2. The van der Waals surface area contributed by atoms with Crippen LogP contribution < -0.4 is 19.9 Å². The van der Waals surface area contributed by atoms with Crippen molar-refractivity contribution >= 4 is 22.7 Å². The quantitative estimate of drug-likeness (QED) is 0.515. The van der Waals surface area contributed by atoms with Crippen molar-refractivity contribution in [2.75, 3.05) is 62.2 Å². The summed E-state index contributed by atoms with van der Waals surface area (Å²) in [6, 6.07) is 8.67. The lowest BCUT2D eigenvalue weighted by Gasteiger charge is -2.47. The maximum atomic E-state index is 14.7. The minimum absolute atomic E-state index is 0.00991. The van der Waals surface area contributed by atoms with Gasteiger partial charge < -0.3 is 19.9 Å². The molecule has 12 heteroatoms. The predicted octanol–water partition coefficient (Wildman–Crippen LogP) is 2.00. The van der Waals surface area contributed by atoms with Crippen LogP contribution in [0.2, 0.25) is 0 Å². The number of non-ortho nitro benzene ring substituents is 2. The first kappa shape index (κ1) is 22.3. The third-order valence-corrected chi connectivity index (χ3v) is 6.73. The first-order valence-electron chi connectivity index (χ1n) is 11.2. The van der Waals surface area contributed by atoms with Gasteiger partial charge in [0.1, 0.15) is 12.4 Å². The predicted molar refractivity (Wildman–Crippen MR) is 123 cm³/mol. The van der Waals surface area contributed by atoms with Crippen molar-refractivity contribution in [3.05, 3.63) is 62.4 Å². The summed E-state index contributed by atoms with van der Waals surface area (Å²) in [6.45, 7) is 5.45. The Bertz CT molecular complexity index is 1120. The fourth-order valence-corrected chi connectivity index (χ4v) is 5.08. The maximum Gasteiger partial charge on any atom is 0.273 e. The standard InChI is InChI=1S/C22H25FN6O5/c23-19-9-15(28(30)31)1-3-20(19)26-6-5-24-11-17(26)12-25-7-8-27-18(13-25)14-34-22-10-16(29(32)33)2-4-21(22)27/h1-4,9-10,17-18,24H,5-8,11-14H2/t17?,18-/m1/s1. The number of nitrogens with one attached hydrogen (secondary N) is 1. The van der Waals surface area contributed by atoms with Crippen molar-refractivity contribution < 1.29 is 19.0 Å². The molecule has 11 nitrogen and oxygen atoms in total. The Labute approximate surface area is 195 Å². The summed E-state index contributed by atoms with van der Waals surface area (Å²) < 4.78 is 20.6. The van der Waals surface area contributed by atoms with Gasteiger partial charge in [-0.05, 0) is 12.1 Å². The van der Waals surface area contributed by atoms with Crippen LogP contribution in [0.15, 0.2) is 36.4 Å². The molecule has 0 saturated carbocycles. The van der Waals surface area contributed by atoms with Crippen LogP contribution >= 0.6 is 0 Å². The molecule has 2 saturated heterocycles. The molecule has 1 N–H and O–H groups in total. The number of piperazine rings is 2. The van der Waals surface area contributed by atoms with Gasteiger partial charge in [0, 0.05) is 57.9 Å². The summed E-state index contributed by atoms with van der Waals surface area (Å²) in [5.74, 6) is -0.0486. The number of hydrogen-bond donors (Lipinski definition) is 1. The highest BCUT2D eigenvalue weighted by molar-refractivity contribution is 5.64. The average Bonchev–Trinajstić information content (AvgIpc) is 2.83. The van der Waals surface area contributed by atoms with E-state index in [1.54, 1.807) is 6.07 Å². The summed E-state index contributed by atoms with van der Waals surface area (Å²) in [6.07, 6.45) is 0. The highest BCUT2D eigenvalue weighted by atomic mass is 19.1. The third-order valence-electron chi connectivity index (χ3n) is 6.73. The summed E-state index contributed by atoms with van der Waals surface area (Å²) in [5, 5.41) is 25.4. The van der Waals surface area contributed by atoms with E-state index >= 15 is 0 Å². The second kappa shape index (κ2) is 9.03. The van der Waals surface area contributed by atoms with Gasteiger partial charge >= 0.3 is 0 Å². The molecule has 2 aromatic carbocycles. The third kappa shape index (κ3) is 4.21. The molecule has 0 aromatic heterocycles. The van der Waals surface area contributed by atoms with E-state index in [0.717, 1.165) is 31.4 Å². The number of hydrogen-bond acceptors (Lipinski definition) is 9. The molecule has 3 aliphatic heterocycles. The normalized spacial score (nSPS) is 22.5. The van der Waals surface area contributed by atoms with Gasteiger partial charge in [-0.2, -0.15) is 0 Å². The number of fused-ring (bicyclic) bond motifs is 3. The van der Waals surface area contributed by atoms with E-state index in [9.17, 15) is 24.6 Å². The Hall–Kier alpha value is -3.51. The SMILES string of the molecule is O=[N+]([O-])c1ccc(N2CCNCC2CN2CCN3c4ccc([N+](=O)[O-])cc4OC[C@H]3C2)c(F)c1. The number of benzene rings is 2. The first-order valence-corrected chi connectivity index (χ1v) is 11.2. The van der Waals surface area contributed by atoms with Crippen molar-refractivity contribution in [2.24, 2.45) is 0 Å². The zero-order valence-electron chi connectivity index (χ0n) is 18.4. The molecule has 3 heterocycles. The van der Waals surface area contributed by atoms with E-state index in [4.69, 9.17) is 4.74 Å². The molecule has 180 valence electrons. The minimum Gasteiger partial charge on any atom is -0.489 e. The van der Waals surface area contributed by atoms with Gasteiger partial charge in [-0.3, -0.25) is 25.1 Å².